The van der Waals surface area contributed by atoms with E-state index in [9.17, 15) is 9.59 Å². The number of cyclic esters (lactones) is 2. The van der Waals surface area contributed by atoms with E-state index in [4.69, 9.17) is 8.23 Å². The second-order valence-electron chi connectivity index (χ2n) is 9.42. The minimum Gasteiger partial charge on any atom is -0.437 e. The number of rotatable bonds is 10. The smallest absolute Gasteiger partial charge is 0.317 e. The fraction of sp³-hybridized carbons (Fsp3) is 0.895. The molecular formula is C19H42O5Si3. The fourth-order valence-electron chi connectivity index (χ4n) is 3.27. The number of hydrogen-bond donors (Lipinski definition) is 0. The minimum atomic E-state index is -1.90. The van der Waals surface area contributed by atoms with Gasteiger partial charge in [-0.2, -0.15) is 0 Å². The molecule has 0 aromatic rings. The van der Waals surface area contributed by atoms with Crippen molar-refractivity contribution in [3.8, 4) is 0 Å². The monoisotopic (exact) mass is 434 g/mol. The van der Waals surface area contributed by atoms with Gasteiger partial charge in [0.2, 0.25) is 0 Å². The number of carbonyl (C=O) groups is 2. The molecule has 27 heavy (non-hydrogen) atoms. The highest BCUT2D eigenvalue weighted by Crippen LogP contribution is 2.24. The van der Waals surface area contributed by atoms with Crippen molar-refractivity contribution in [2.24, 2.45) is 5.92 Å². The second-order valence-corrected chi connectivity index (χ2v) is 22.1. The lowest BCUT2D eigenvalue weighted by Crippen LogP contribution is -2.51. The van der Waals surface area contributed by atoms with Gasteiger partial charge in [0.15, 0.2) is 16.6 Å². The molecule has 1 aliphatic heterocycles. The number of esters is 2. The van der Waals surface area contributed by atoms with E-state index in [1.807, 2.05) is 0 Å². The standard InChI is InChI=1S/C11H30O2Si3.C8H12O3/c1-9-10-11-15(5,6)13-16(7,8)12-14(2,3)4;1-2-3-4-6-5-7(9)11-8(6)10/h9-11H2,1-8H3;6H,2-5H2,1H3. The van der Waals surface area contributed by atoms with E-state index in [1.165, 1.54) is 18.9 Å². The van der Waals surface area contributed by atoms with Crippen molar-refractivity contribution in [2.75, 3.05) is 0 Å². The Morgan fingerprint density at radius 2 is 1.48 bits per heavy atom. The van der Waals surface area contributed by atoms with E-state index in [1.54, 1.807) is 0 Å². The molecule has 1 aliphatic rings. The molecule has 0 amide bonds. The van der Waals surface area contributed by atoms with Gasteiger partial charge in [0.05, 0.1) is 12.3 Å². The van der Waals surface area contributed by atoms with Crippen LogP contribution in [0.1, 0.15) is 52.4 Å². The quantitative estimate of drug-likeness (QED) is 0.246. The van der Waals surface area contributed by atoms with Crippen LogP contribution in [0.5, 0.6) is 0 Å². The van der Waals surface area contributed by atoms with E-state index in [0.717, 1.165) is 19.3 Å². The first-order chi connectivity index (χ1) is 12.2. The van der Waals surface area contributed by atoms with Crippen LogP contribution >= 0.6 is 0 Å². The van der Waals surface area contributed by atoms with Crippen LogP contribution in [-0.2, 0) is 22.6 Å². The molecule has 0 bridgehead atoms. The molecule has 0 aromatic heterocycles. The van der Waals surface area contributed by atoms with E-state index in [0.29, 0.717) is 6.42 Å². The Balaban J connectivity index is 0.000000533. The van der Waals surface area contributed by atoms with E-state index in [-0.39, 0.29) is 17.9 Å². The van der Waals surface area contributed by atoms with Gasteiger partial charge in [-0.1, -0.05) is 39.5 Å². The summed E-state index contributed by atoms with van der Waals surface area (Å²) < 4.78 is 17.0. The molecule has 8 heteroatoms. The Kier molecular flexibility index (Phi) is 11.5. The van der Waals surface area contributed by atoms with Crippen molar-refractivity contribution in [1.29, 1.82) is 0 Å². The third-order valence-electron chi connectivity index (χ3n) is 4.07. The number of ether oxygens (including phenoxy) is 1. The molecule has 0 aliphatic carbocycles. The summed E-state index contributed by atoms with van der Waals surface area (Å²) in [7, 11) is -4.87. The van der Waals surface area contributed by atoms with Crippen LogP contribution in [0.2, 0.25) is 51.9 Å². The molecular weight excluding hydrogens is 392 g/mol. The average Bonchev–Trinajstić information content (AvgIpc) is 2.77. The predicted octanol–water partition coefficient (Wildman–Crippen LogP) is 5.83. The van der Waals surface area contributed by atoms with Crippen molar-refractivity contribution >= 4 is 37.1 Å². The summed E-state index contributed by atoms with van der Waals surface area (Å²) in [4.78, 5) is 21.4. The largest absolute Gasteiger partial charge is 0.437 e. The number of carbonyl (C=O) groups excluding carboxylic acids is 2. The molecule has 0 radical (unpaired) electrons. The Morgan fingerprint density at radius 3 is 1.89 bits per heavy atom. The maximum atomic E-state index is 10.8. The average molecular weight is 435 g/mol. The van der Waals surface area contributed by atoms with Gasteiger partial charge in [-0.15, -0.1) is 0 Å². The summed E-state index contributed by atoms with van der Waals surface area (Å²) in [5, 5.41) is 0. The first-order valence-electron chi connectivity index (χ1n) is 10.4. The topological polar surface area (TPSA) is 61.8 Å². The summed E-state index contributed by atoms with van der Waals surface area (Å²) >= 11 is 0. The summed E-state index contributed by atoms with van der Waals surface area (Å²) in [6.07, 6.45) is 5.68. The Bertz CT molecular complexity index is 472. The second kappa shape index (κ2) is 11.6. The van der Waals surface area contributed by atoms with Crippen molar-refractivity contribution in [1.82, 2.24) is 0 Å². The Labute approximate surface area is 170 Å². The summed E-state index contributed by atoms with van der Waals surface area (Å²) in [5.41, 5.74) is 0. The maximum absolute atomic E-state index is 10.8. The molecule has 0 aromatic carbocycles. The van der Waals surface area contributed by atoms with Gasteiger partial charge < -0.3 is 13.0 Å². The van der Waals surface area contributed by atoms with Crippen molar-refractivity contribution in [3.05, 3.63) is 0 Å². The van der Waals surface area contributed by atoms with Gasteiger partial charge in [0, 0.05) is 0 Å². The maximum Gasteiger partial charge on any atom is 0.317 e. The Morgan fingerprint density at radius 1 is 0.926 bits per heavy atom. The van der Waals surface area contributed by atoms with E-state index in [2.05, 4.69) is 64.4 Å². The SMILES string of the molecule is CCCCC1CC(=O)OC1=O.CCCC[Si](C)(C)O[Si](C)(C)O[Si](C)(C)C. The molecule has 1 fully saturated rings. The van der Waals surface area contributed by atoms with Gasteiger partial charge >= 0.3 is 20.5 Å². The number of hydrogen-bond acceptors (Lipinski definition) is 5. The lowest BCUT2D eigenvalue weighted by molar-refractivity contribution is -0.153. The zero-order chi connectivity index (χ0) is 21.3. The van der Waals surface area contributed by atoms with Crippen LogP contribution in [0.3, 0.4) is 0 Å². The lowest BCUT2D eigenvalue weighted by Gasteiger charge is -2.37. The van der Waals surface area contributed by atoms with Crippen LogP contribution in [0.25, 0.3) is 0 Å². The predicted molar refractivity (Wildman–Crippen MR) is 119 cm³/mol. The molecule has 1 unspecified atom stereocenters. The summed E-state index contributed by atoms with van der Waals surface area (Å²) in [6, 6.07) is 1.26. The van der Waals surface area contributed by atoms with Crippen molar-refractivity contribution in [3.63, 3.8) is 0 Å². The molecule has 0 N–H and O–H groups in total. The molecule has 1 saturated heterocycles. The van der Waals surface area contributed by atoms with Crippen LogP contribution < -0.4 is 0 Å². The molecule has 160 valence electrons. The van der Waals surface area contributed by atoms with Crippen LogP contribution in [0.15, 0.2) is 0 Å². The van der Waals surface area contributed by atoms with Crippen LogP contribution in [-0.4, -0.2) is 37.1 Å². The zero-order valence-corrected chi connectivity index (χ0v) is 22.1. The van der Waals surface area contributed by atoms with Crippen LogP contribution in [0.4, 0.5) is 0 Å². The zero-order valence-electron chi connectivity index (χ0n) is 19.1. The minimum absolute atomic E-state index is 0.151. The van der Waals surface area contributed by atoms with Crippen molar-refractivity contribution in [2.45, 2.75) is 104 Å². The summed E-state index contributed by atoms with van der Waals surface area (Å²) in [6.45, 7) is 20.1. The summed E-state index contributed by atoms with van der Waals surface area (Å²) in [5.74, 6) is -0.845. The highest BCUT2D eigenvalue weighted by molar-refractivity contribution is 6.87. The molecule has 1 rings (SSSR count). The third-order valence-corrected chi connectivity index (χ3v) is 14.2. The molecule has 0 saturated carbocycles. The van der Waals surface area contributed by atoms with E-state index >= 15 is 0 Å². The lowest BCUT2D eigenvalue weighted by atomic mass is 10.0. The molecule has 1 atom stereocenters. The van der Waals surface area contributed by atoms with Gasteiger partial charge in [-0.05, 0) is 58.3 Å². The third kappa shape index (κ3) is 13.5. The fourth-order valence-corrected chi connectivity index (χ4v) is 16.6. The molecule has 5 nitrogen and oxygen atoms in total. The van der Waals surface area contributed by atoms with E-state index < -0.39 is 25.2 Å². The molecule has 0 spiro atoms. The first kappa shape index (κ1) is 26.7. The van der Waals surface area contributed by atoms with Gasteiger partial charge in [-0.3, -0.25) is 9.59 Å². The first-order valence-corrected chi connectivity index (χ1v) is 19.7. The Hall–Kier alpha value is -0.289. The van der Waals surface area contributed by atoms with Crippen LogP contribution in [0, 0.1) is 5.92 Å². The highest BCUT2D eigenvalue weighted by Gasteiger charge is 2.37. The number of unbranched alkanes of at least 4 members (excludes halogenated alkanes) is 2. The van der Waals surface area contributed by atoms with Crippen molar-refractivity contribution < 1.29 is 22.6 Å². The molecule has 1 heterocycles. The van der Waals surface area contributed by atoms with Gasteiger partial charge in [-0.25, -0.2) is 0 Å². The highest BCUT2D eigenvalue weighted by atomic mass is 28.5. The van der Waals surface area contributed by atoms with Gasteiger partial charge in [0.25, 0.3) is 0 Å². The normalized spacial score (nSPS) is 18.2. The van der Waals surface area contributed by atoms with Gasteiger partial charge in [0.1, 0.15) is 0 Å².